The highest BCUT2D eigenvalue weighted by Crippen LogP contribution is 2.29. The first-order chi connectivity index (χ1) is 10.6. The Kier molecular flexibility index (Phi) is 4.69. The van der Waals surface area contributed by atoms with Crippen molar-refractivity contribution in [2.75, 3.05) is 24.7 Å². The number of hydrogen-bond acceptors (Lipinski definition) is 7. The summed E-state index contributed by atoms with van der Waals surface area (Å²) in [6.45, 7) is 0.226. The lowest BCUT2D eigenvalue weighted by atomic mass is 10.2. The molecule has 8 nitrogen and oxygen atoms in total. The van der Waals surface area contributed by atoms with Crippen LogP contribution >= 0.6 is 11.8 Å². The molecule has 1 unspecified atom stereocenters. The Morgan fingerprint density at radius 2 is 2.27 bits per heavy atom. The Bertz CT molecular complexity index is 638. The molecule has 0 bridgehead atoms. The van der Waals surface area contributed by atoms with Crippen molar-refractivity contribution in [3.8, 4) is 0 Å². The topological polar surface area (TPSA) is 114 Å². The SMILES string of the molecule is O=c1[nH]c(=O)n([C@@H]2C[C@H](O)[C@@H](CO)O2)cc1C1CSCCO1. The van der Waals surface area contributed by atoms with Gasteiger partial charge in [-0.05, 0) is 0 Å². The van der Waals surface area contributed by atoms with E-state index in [1.54, 1.807) is 11.8 Å². The first-order valence-electron chi connectivity index (χ1n) is 7.09. The van der Waals surface area contributed by atoms with Gasteiger partial charge in [-0.1, -0.05) is 0 Å². The molecule has 0 spiro atoms. The smallest absolute Gasteiger partial charge is 0.330 e. The Hall–Kier alpha value is -1.13. The van der Waals surface area contributed by atoms with Crippen LogP contribution in [-0.4, -0.2) is 56.7 Å². The number of aromatic nitrogens is 2. The number of thioether (sulfide) groups is 1. The van der Waals surface area contributed by atoms with E-state index in [1.807, 2.05) is 0 Å². The molecule has 0 amide bonds. The van der Waals surface area contributed by atoms with Crippen LogP contribution in [-0.2, 0) is 9.47 Å². The van der Waals surface area contributed by atoms with E-state index in [4.69, 9.17) is 14.6 Å². The van der Waals surface area contributed by atoms with Crippen LogP contribution in [0, 0.1) is 0 Å². The van der Waals surface area contributed by atoms with Gasteiger partial charge in [-0.3, -0.25) is 14.3 Å². The van der Waals surface area contributed by atoms with Gasteiger partial charge in [-0.15, -0.1) is 0 Å². The number of aliphatic hydroxyl groups is 2. The van der Waals surface area contributed by atoms with Crippen molar-refractivity contribution in [1.82, 2.24) is 9.55 Å². The molecule has 3 heterocycles. The van der Waals surface area contributed by atoms with Crippen LogP contribution in [0.2, 0.25) is 0 Å². The van der Waals surface area contributed by atoms with Crippen LogP contribution in [0.4, 0.5) is 0 Å². The molecular formula is C13H18N2O6S. The van der Waals surface area contributed by atoms with E-state index < -0.39 is 29.7 Å². The number of aromatic amines is 1. The predicted molar refractivity (Wildman–Crippen MR) is 79.0 cm³/mol. The number of nitrogens with zero attached hydrogens (tertiary/aromatic N) is 1. The molecule has 0 saturated carbocycles. The zero-order valence-corrected chi connectivity index (χ0v) is 12.6. The summed E-state index contributed by atoms with van der Waals surface area (Å²) in [6.07, 6.45) is -1.04. The van der Waals surface area contributed by atoms with Crippen molar-refractivity contribution in [2.24, 2.45) is 0 Å². The van der Waals surface area contributed by atoms with Crippen LogP contribution in [0.25, 0.3) is 0 Å². The van der Waals surface area contributed by atoms with E-state index in [1.165, 1.54) is 10.8 Å². The van der Waals surface area contributed by atoms with E-state index in [0.29, 0.717) is 17.9 Å². The second-order valence-corrected chi connectivity index (χ2v) is 6.45. The molecule has 4 atom stereocenters. The maximum Gasteiger partial charge on any atom is 0.330 e. The first-order valence-corrected chi connectivity index (χ1v) is 8.24. The van der Waals surface area contributed by atoms with Gasteiger partial charge in [0, 0.05) is 24.1 Å². The Balaban J connectivity index is 1.91. The number of aliphatic hydroxyl groups excluding tert-OH is 2. The van der Waals surface area contributed by atoms with Gasteiger partial charge in [0.25, 0.3) is 5.56 Å². The van der Waals surface area contributed by atoms with E-state index >= 15 is 0 Å². The predicted octanol–water partition coefficient (Wildman–Crippen LogP) is -1.02. The Morgan fingerprint density at radius 1 is 1.45 bits per heavy atom. The maximum atomic E-state index is 12.0. The molecule has 0 radical (unpaired) electrons. The summed E-state index contributed by atoms with van der Waals surface area (Å²) in [4.78, 5) is 26.3. The fraction of sp³-hybridized carbons (Fsp3) is 0.692. The van der Waals surface area contributed by atoms with Crippen LogP contribution in [0.5, 0.6) is 0 Å². The number of rotatable bonds is 3. The van der Waals surface area contributed by atoms with Crippen molar-refractivity contribution >= 4 is 11.8 Å². The molecule has 0 aromatic carbocycles. The van der Waals surface area contributed by atoms with E-state index in [0.717, 1.165) is 5.75 Å². The molecular weight excluding hydrogens is 312 g/mol. The second kappa shape index (κ2) is 6.55. The minimum Gasteiger partial charge on any atom is -0.394 e. The maximum absolute atomic E-state index is 12.0. The summed E-state index contributed by atoms with van der Waals surface area (Å²) < 4.78 is 12.3. The van der Waals surface area contributed by atoms with E-state index in [-0.39, 0.29) is 19.1 Å². The fourth-order valence-corrected chi connectivity index (χ4v) is 3.53. The molecule has 3 N–H and O–H groups in total. The number of ether oxygens (including phenoxy) is 2. The van der Waals surface area contributed by atoms with Gasteiger partial charge in [0.1, 0.15) is 12.3 Å². The fourth-order valence-electron chi connectivity index (χ4n) is 2.66. The van der Waals surface area contributed by atoms with Crippen LogP contribution in [0.3, 0.4) is 0 Å². The summed E-state index contributed by atoms with van der Waals surface area (Å²) in [5.74, 6) is 1.53. The summed E-state index contributed by atoms with van der Waals surface area (Å²) >= 11 is 1.68. The lowest BCUT2D eigenvalue weighted by molar-refractivity contribution is -0.0462. The van der Waals surface area contributed by atoms with Crippen molar-refractivity contribution in [3.05, 3.63) is 32.6 Å². The molecule has 1 aromatic rings. The molecule has 122 valence electrons. The molecule has 0 aliphatic carbocycles. The molecule has 2 aliphatic heterocycles. The monoisotopic (exact) mass is 330 g/mol. The average molecular weight is 330 g/mol. The Labute approximate surface area is 130 Å². The molecule has 2 aliphatic rings. The highest BCUT2D eigenvalue weighted by Gasteiger charge is 2.35. The third kappa shape index (κ3) is 2.99. The van der Waals surface area contributed by atoms with Crippen molar-refractivity contribution in [2.45, 2.75) is 31.0 Å². The van der Waals surface area contributed by atoms with Gasteiger partial charge in [0.15, 0.2) is 0 Å². The number of hydrogen-bond donors (Lipinski definition) is 3. The summed E-state index contributed by atoms with van der Waals surface area (Å²) in [5, 5.41) is 18.9. The van der Waals surface area contributed by atoms with Gasteiger partial charge >= 0.3 is 5.69 Å². The van der Waals surface area contributed by atoms with Gasteiger partial charge in [-0.2, -0.15) is 11.8 Å². The molecule has 22 heavy (non-hydrogen) atoms. The Morgan fingerprint density at radius 3 is 2.91 bits per heavy atom. The number of H-pyrrole nitrogens is 1. The number of nitrogens with one attached hydrogen (secondary N) is 1. The van der Waals surface area contributed by atoms with Gasteiger partial charge < -0.3 is 19.7 Å². The minimum absolute atomic E-state index is 0.177. The van der Waals surface area contributed by atoms with Crippen molar-refractivity contribution in [3.63, 3.8) is 0 Å². The highest BCUT2D eigenvalue weighted by atomic mass is 32.2. The average Bonchev–Trinajstić information content (AvgIpc) is 2.89. The second-order valence-electron chi connectivity index (χ2n) is 5.30. The van der Waals surface area contributed by atoms with E-state index in [2.05, 4.69) is 4.98 Å². The van der Waals surface area contributed by atoms with Gasteiger partial charge in [0.2, 0.25) is 0 Å². The van der Waals surface area contributed by atoms with Crippen molar-refractivity contribution < 1.29 is 19.7 Å². The highest BCUT2D eigenvalue weighted by molar-refractivity contribution is 7.99. The summed E-state index contributed by atoms with van der Waals surface area (Å²) in [7, 11) is 0. The van der Waals surface area contributed by atoms with Gasteiger partial charge in [-0.25, -0.2) is 4.79 Å². The zero-order valence-electron chi connectivity index (χ0n) is 11.8. The lowest BCUT2D eigenvalue weighted by Crippen LogP contribution is -2.36. The molecule has 1 aromatic heterocycles. The van der Waals surface area contributed by atoms with Crippen molar-refractivity contribution in [1.29, 1.82) is 0 Å². The van der Waals surface area contributed by atoms with E-state index in [9.17, 15) is 14.7 Å². The normalized spacial score (nSPS) is 32.3. The summed E-state index contributed by atoms with van der Waals surface area (Å²) in [6, 6.07) is 0. The largest absolute Gasteiger partial charge is 0.394 e. The first kappa shape index (κ1) is 15.8. The molecule has 9 heteroatoms. The van der Waals surface area contributed by atoms with Crippen LogP contribution in [0.1, 0.15) is 24.3 Å². The standard InChI is InChI=1S/C13H18N2O6S/c16-5-9-8(17)3-11(21-9)15-4-7(12(18)14-13(15)19)10-6-22-2-1-20-10/h4,8-11,16-17H,1-3,5-6H2,(H,14,18,19)/t8-,9+,10?,11-/m0/s1. The summed E-state index contributed by atoms with van der Waals surface area (Å²) in [5.41, 5.74) is -0.698. The third-order valence-corrected chi connectivity index (χ3v) is 4.85. The molecule has 2 fully saturated rings. The van der Waals surface area contributed by atoms with Crippen LogP contribution in [0.15, 0.2) is 15.8 Å². The zero-order chi connectivity index (χ0) is 15.7. The molecule has 2 saturated heterocycles. The lowest BCUT2D eigenvalue weighted by Gasteiger charge is -2.23. The van der Waals surface area contributed by atoms with Gasteiger partial charge in [0.05, 0.1) is 31.0 Å². The van der Waals surface area contributed by atoms with Crippen LogP contribution < -0.4 is 11.2 Å². The quantitative estimate of drug-likeness (QED) is 0.650. The minimum atomic E-state index is -0.848. The molecule has 3 rings (SSSR count). The third-order valence-electron chi connectivity index (χ3n) is 3.85.